The molecule has 11 heteroatoms. The van der Waals surface area contributed by atoms with Crippen LogP contribution in [0.3, 0.4) is 0 Å². The second kappa shape index (κ2) is 19.8. The number of carbonyl (C=O) groups excluding carboxylic acids is 3. The molecule has 1 aromatic carbocycles. The van der Waals surface area contributed by atoms with E-state index >= 15 is 0 Å². The Morgan fingerprint density at radius 1 is 1.14 bits per heavy atom. The third-order valence-corrected chi connectivity index (χ3v) is 7.34. The molecule has 0 bridgehead atoms. The molecule has 3 rings (SSSR count). The first kappa shape index (κ1) is 35.8. The van der Waals surface area contributed by atoms with E-state index in [0.717, 1.165) is 44.5 Å². The predicted molar refractivity (Wildman–Crippen MR) is 154 cm³/mol. The van der Waals surface area contributed by atoms with Crippen LogP contribution in [0.2, 0.25) is 0 Å². The van der Waals surface area contributed by atoms with Crippen LogP contribution in [0.5, 0.6) is 0 Å². The Hall–Kier alpha value is -1.17. The van der Waals surface area contributed by atoms with Crippen molar-refractivity contribution in [3.8, 4) is 0 Å². The molecule has 2 aliphatic heterocycles. The van der Waals surface area contributed by atoms with Crippen LogP contribution >= 0.6 is 32.2 Å². The van der Waals surface area contributed by atoms with Gasteiger partial charge in [0.15, 0.2) is 0 Å². The third-order valence-electron chi connectivity index (χ3n) is 6.65. The largest absolute Gasteiger partial charge is 0.458 e. The SMILES string of the molecule is CCC1CC(OC(=O)C(P)(OC(=O)CCC=O)c2ccccc2)CC[N+]12CCCC2.CO.CO.COI. The number of aldehydes is 1. The van der Waals surface area contributed by atoms with Crippen molar-refractivity contribution in [2.75, 3.05) is 41.0 Å². The number of carbonyl (C=O) groups is 3. The van der Waals surface area contributed by atoms with Crippen molar-refractivity contribution in [1.82, 2.24) is 0 Å². The van der Waals surface area contributed by atoms with Gasteiger partial charge in [-0.05, 0) is 6.42 Å². The van der Waals surface area contributed by atoms with E-state index in [4.69, 9.17) is 19.7 Å². The monoisotopic (exact) mass is 656 g/mol. The summed E-state index contributed by atoms with van der Waals surface area (Å²) in [4.78, 5) is 36.1. The number of benzene rings is 1. The first-order valence-electron chi connectivity index (χ1n) is 12.5. The van der Waals surface area contributed by atoms with Gasteiger partial charge in [0, 0.05) is 59.0 Å². The smallest absolute Gasteiger partial charge is 0.359 e. The number of quaternary nitrogens is 1. The van der Waals surface area contributed by atoms with Gasteiger partial charge in [0.25, 0.3) is 0 Å². The Labute approximate surface area is 237 Å². The summed E-state index contributed by atoms with van der Waals surface area (Å²) in [6.07, 6.45) is 5.78. The molecule has 9 nitrogen and oxygen atoms in total. The van der Waals surface area contributed by atoms with E-state index in [0.29, 0.717) is 17.9 Å². The lowest BCUT2D eigenvalue weighted by molar-refractivity contribution is -0.946. The fraction of sp³-hybridized carbons (Fsp3) is 0.654. The molecule has 0 aromatic heterocycles. The van der Waals surface area contributed by atoms with Crippen molar-refractivity contribution in [3.05, 3.63) is 35.9 Å². The highest BCUT2D eigenvalue weighted by Crippen LogP contribution is 2.38. The maximum Gasteiger partial charge on any atom is 0.359 e. The second-order valence-electron chi connectivity index (χ2n) is 8.65. The van der Waals surface area contributed by atoms with Crippen LogP contribution in [0.25, 0.3) is 0 Å². The van der Waals surface area contributed by atoms with Crippen molar-refractivity contribution in [2.24, 2.45) is 0 Å². The summed E-state index contributed by atoms with van der Waals surface area (Å²) >= 11 is 1.79. The van der Waals surface area contributed by atoms with Gasteiger partial charge in [0.05, 0.1) is 32.1 Å². The van der Waals surface area contributed by atoms with Gasteiger partial charge in [-0.25, -0.2) is 4.79 Å². The van der Waals surface area contributed by atoms with Gasteiger partial charge in [0.1, 0.15) is 35.4 Å². The van der Waals surface area contributed by atoms with Crippen LogP contribution in [0, 0.1) is 0 Å². The Kier molecular flexibility index (Phi) is 19.2. The van der Waals surface area contributed by atoms with Crippen molar-refractivity contribution in [3.63, 3.8) is 0 Å². The van der Waals surface area contributed by atoms with Gasteiger partial charge < -0.3 is 32.0 Å². The van der Waals surface area contributed by atoms with Gasteiger partial charge in [-0.15, -0.1) is 0 Å². The average Bonchev–Trinajstić information content (AvgIpc) is 3.41. The molecule has 0 radical (unpaired) electrons. The maximum atomic E-state index is 13.3. The van der Waals surface area contributed by atoms with Crippen LogP contribution in [-0.4, -0.2) is 86.0 Å². The first-order chi connectivity index (χ1) is 17.8. The van der Waals surface area contributed by atoms with Gasteiger partial charge >= 0.3 is 11.9 Å². The number of halogens is 1. The highest BCUT2D eigenvalue weighted by atomic mass is 127. The maximum absolute atomic E-state index is 13.3. The van der Waals surface area contributed by atoms with E-state index in [-0.39, 0.29) is 18.9 Å². The Morgan fingerprint density at radius 3 is 2.22 bits per heavy atom. The van der Waals surface area contributed by atoms with Crippen molar-refractivity contribution in [2.45, 2.75) is 69.4 Å². The van der Waals surface area contributed by atoms with Gasteiger partial charge in [-0.3, -0.25) is 4.79 Å². The van der Waals surface area contributed by atoms with Crippen LogP contribution in [0.1, 0.15) is 57.4 Å². The summed E-state index contributed by atoms with van der Waals surface area (Å²) in [5.41, 5.74) is 0.533. The number of hydrogen-bond acceptors (Lipinski definition) is 8. The summed E-state index contributed by atoms with van der Waals surface area (Å²) < 4.78 is 16.9. The molecular formula is C26H44INO8P+. The van der Waals surface area contributed by atoms with E-state index in [1.54, 1.807) is 54.4 Å². The minimum atomic E-state index is -1.61. The van der Waals surface area contributed by atoms with Crippen molar-refractivity contribution in [1.29, 1.82) is 0 Å². The summed E-state index contributed by atoms with van der Waals surface area (Å²) in [5.74, 6) is -1.18. The highest BCUT2D eigenvalue weighted by Gasteiger charge is 2.47. The number of esters is 2. The number of rotatable bonds is 8. The Balaban J connectivity index is 0.00000169. The zero-order valence-electron chi connectivity index (χ0n) is 22.4. The van der Waals surface area contributed by atoms with E-state index in [1.807, 2.05) is 6.07 Å². The van der Waals surface area contributed by atoms with Gasteiger partial charge in [0.2, 0.25) is 5.34 Å². The number of aliphatic hydroxyl groups excluding tert-OH is 2. The average molecular weight is 657 g/mol. The Bertz CT molecular complexity index is 779. The number of hydrogen-bond donors (Lipinski definition) is 2. The molecule has 1 aromatic rings. The van der Waals surface area contributed by atoms with Crippen molar-refractivity contribution < 1.29 is 41.6 Å². The molecule has 212 valence electrons. The fourth-order valence-electron chi connectivity index (χ4n) is 4.99. The summed E-state index contributed by atoms with van der Waals surface area (Å²) in [5, 5.41) is 12.4. The molecular weight excluding hydrogens is 612 g/mol. The van der Waals surface area contributed by atoms with E-state index in [9.17, 15) is 14.4 Å². The zero-order chi connectivity index (χ0) is 28.3. The molecule has 0 saturated carbocycles. The molecule has 0 aliphatic carbocycles. The van der Waals surface area contributed by atoms with Crippen LogP contribution in [0.15, 0.2) is 30.3 Å². The van der Waals surface area contributed by atoms with Gasteiger partial charge in [-0.1, -0.05) is 46.5 Å². The highest BCUT2D eigenvalue weighted by molar-refractivity contribution is 14.1. The quantitative estimate of drug-likeness (QED) is 0.144. The standard InChI is InChI=1S/C23H33NO5P.CH3IO.2CH4O/c1-2-19-17-20(12-15-24(19)13-6-7-14-24)28-22(27)23(30,18-9-4-3-5-10-18)29-21(26)11-8-16-25;1-3-2;2*1-2/h3-5,9-10,16,19-20H,2,6-8,11-15,17,30H2,1H3;1H3;2*2H,1H3/q+1;;;. The molecule has 2 aliphatic rings. The predicted octanol–water partition coefficient (Wildman–Crippen LogP) is 3.53. The van der Waals surface area contributed by atoms with Crippen molar-refractivity contribution >= 4 is 50.5 Å². The summed E-state index contributed by atoms with van der Waals surface area (Å²) in [7, 11) is 5.98. The van der Waals surface area contributed by atoms with E-state index < -0.39 is 17.3 Å². The molecule has 2 N–H and O–H groups in total. The molecule has 2 saturated heterocycles. The van der Waals surface area contributed by atoms with E-state index in [1.165, 1.54) is 25.9 Å². The minimum absolute atomic E-state index is 0.0597. The molecule has 1 spiro atoms. The molecule has 2 fully saturated rings. The summed E-state index contributed by atoms with van der Waals surface area (Å²) in [6, 6.07) is 9.39. The van der Waals surface area contributed by atoms with Crippen LogP contribution in [0.4, 0.5) is 0 Å². The lowest BCUT2D eigenvalue weighted by Gasteiger charge is -2.47. The molecule has 4 unspecified atom stereocenters. The zero-order valence-corrected chi connectivity index (χ0v) is 25.7. The second-order valence-corrected chi connectivity index (χ2v) is 10.3. The lowest BCUT2D eigenvalue weighted by Crippen LogP contribution is -2.59. The van der Waals surface area contributed by atoms with Crippen LogP contribution in [-0.2, 0) is 32.3 Å². The van der Waals surface area contributed by atoms with Gasteiger partial charge in [-0.2, -0.15) is 0 Å². The minimum Gasteiger partial charge on any atom is -0.458 e. The number of nitrogens with zero attached hydrogens (tertiary/aromatic N) is 1. The third kappa shape index (κ3) is 10.8. The van der Waals surface area contributed by atoms with Crippen LogP contribution < -0.4 is 0 Å². The fourth-order valence-corrected chi connectivity index (χ4v) is 5.39. The number of aliphatic hydroxyl groups is 2. The molecule has 4 atom stereocenters. The topological polar surface area (TPSA) is 119 Å². The molecule has 37 heavy (non-hydrogen) atoms. The lowest BCUT2D eigenvalue weighted by atomic mass is 9.94. The number of piperidine rings is 1. The summed E-state index contributed by atoms with van der Waals surface area (Å²) in [6.45, 7) is 5.70. The normalized spacial score (nSPS) is 20.9. The number of ether oxygens (including phenoxy) is 2. The van der Waals surface area contributed by atoms with E-state index in [2.05, 4.69) is 19.2 Å². The molecule has 0 amide bonds. The first-order valence-corrected chi connectivity index (χ1v) is 13.9. The Morgan fingerprint density at radius 2 is 1.70 bits per heavy atom. The molecule has 2 heterocycles.